The maximum atomic E-state index is 5.81. The second kappa shape index (κ2) is 6.49. The maximum Gasteiger partial charge on any atom is 0.127 e. The van der Waals surface area contributed by atoms with Gasteiger partial charge < -0.3 is 10.5 Å². The molecule has 0 radical (unpaired) electrons. The lowest BCUT2D eigenvalue weighted by atomic mass is 10.1. The average molecular weight is 328 g/mol. The zero-order chi connectivity index (χ0) is 17.1. The summed E-state index contributed by atoms with van der Waals surface area (Å²) in [7, 11) is 0. The fraction of sp³-hybridized carbons (Fsp3) is 0. The van der Waals surface area contributed by atoms with Gasteiger partial charge in [-0.05, 0) is 54.6 Å². The van der Waals surface area contributed by atoms with Crippen LogP contribution >= 0.6 is 0 Å². The zero-order valence-corrected chi connectivity index (χ0v) is 13.4. The summed E-state index contributed by atoms with van der Waals surface area (Å²) in [5.41, 5.74) is 8.38. The third-order valence-corrected chi connectivity index (χ3v) is 3.75. The lowest BCUT2D eigenvalue weighted by molar-refractivity contribution is 0.483. The minimum atomic E-state index is 0.491. The van der Waals surface area contributed by atoms with Crippen molar-refractivity contribution in [1.82, 2.24) is 14.8 Å². The highest BCUT2D eigenvalue weighted by molar-refractivity contribution is 5.60. The number of ether oxygens (including phenoxy) is 1. The minimum Gasteiger partial charge on any atom is -0.457 e. The molecule has 2 aromatic carbocycles. The van der Waals surface area contributed by atoms with E-state index in [9.17, 15) is 0 Å². The van der Waals surface area contributed by atoms with Crippen LogP contribution in [0.5, 0.6) is 11.5 Å². The summed E-state index contributed by atoms with van der Waals surface area (Å²) in [6, 6.07) is 23.2. The van der Waals surface area contributed by atoms with E-state index in [2.05, 4.69) is 10.1 Å². The van der Waals surface area contributed by atoms with Crippen LogP contribution in [0.4, 0.5) is 5.82 Å². The van der Waals surface area contributed by atoms with Crippen LogP contribution < -0.4 is 10.5 Å². The van der Waals surface area contributed by atoms with Crippen LogP contribution in [0.1, 0.15) is 0 Å². The number of aromatic nitrogens is 3. The van der Waals surface area contributed by atoms with Crippen LogP contribution in [0.15, 0.2) is 85.2 Å². The summed E-state index contributed by atoms with van der Waals surface area (Å²) in [6.07, 6.45) is 3.60. The van der Waals surface area contributed by atoms with Crippen molar-refractivity contribution in [3.63, 3.8) is 0 Å². The van der Waals surface area contributed by atoms with Gasteiger partial charge in [-0.15, -0.1) is 0 Å². The van der Waals surface area contributed by atoms with Gasteiger partial charge in [0.05, 0.1) is 17.6 Å². The summed E-state index contributed by atoms with van der Waals surface area (Å²) >= 11 is 0. The van der Waals surface area contributed by atoms with Crippen LogP contribution in [0.2, 0.25) is 0 Å². The van der Waals surface area contributed by atoms with Crippen molar-refractivity contribution in [3.05, 3.63) is 85.2 Å². The third kappa shape index (κ3) is 3.35. The van der Waals surface area contributed by atoms with E-state index >= 15 is 0 Å². The Balaban J connectivity index is 1.53. The molecular formula is C20H16N4O. The second-order valence-electron chi connectivity index (χ2n) is 5.53. The van der Waals surface area contributed by atoms with Gasteiger partial charge in [-0.2, -0.15) is 5.10 Å². The average Bonchev–Trinajstić information content (AvgIpc) is 3.14. The first-order valence-corrected chi connectivity index (χ1v) is 7.89. The largest absolute Gasteiger partial charge is 0.457 e. The first-order chi connectivity index (χ1) is 12.3. The van der Waals surface area contributed by atoms with Crippen molar-refractivity contribution >= 4 is 5.82 Å². The molecule has 0 bridgehead atoms. The summed E-state index contributed by atoms with van der Waals surface area (Å²) < 4.78 is 7.58. The van der Waals surface area contributed by atoms with E-state index in [4.69, 9.17) is 10.5 Å². The Labute approximate surface area is 145 Å². The maximum absolute atomic E-state index is 5.81. The highest BCUT2D eigenvalue weighted by atomic mass is 16.5. The molecule has 0 aliphatic heterocycles. The monoisotopic (exact) mass is 328 g/mol. The van der Waals surface area contributed by atoms with Gasteiger partial charge in [0.15, 0.2) is 0 Å². The van der Waals surface area contributed by atoms with Gasteiger partial charge >= 0.3 is 0 Å². The van der Waals surface area contributed by atoms with Crippen molar-refractivity contribution in [1.29, 1.82) is 0 Å². The molecule has 0 aliphatic rings. The van der Waals surface area contributed by atoms with E-state index in [0.29, 0.717) is 5.82 Å². The van der Waals surface area contributed by atoms with Crippen LogP contribution in [-0.4, -0.2) is 14.8 Å². The fourth-order valence-electron chi connectivity index (χ4n) is 2.47. The van der Waals surface area contributed by atoms with Gasteiger partial charge in [0.1, 0.15) is 17.3 Å². The number of nitrogens with zero attached hydrogens (tertiary/aromatic N) is 3. The molecule has 0 saturated carbocycles. The zero-order valence-electron chi connectivity index (χ0n) is 13.4. The standard InChI is InChI=1S/C20H16N4O/c21-20-11-8-16(14-22-20)24-13-12-19(23-24)15-6-9-18(10-7-15)25-17-4-2-1-3-5-17/h1-14H,(H2,21,22). The molecule has 0 spiro atoms. The molecule has 0 unspecified atom stereocenters. The Morgan fingerprint density at radius 3 is 2.28 bits per heavy atom. The first-order valence-electron chi connectivity index (χ1n) is 7.89. The molecule has 0 fully saturated rings. The van der Waals surface area contributed by atoms with Crippen molar-refractivity contribution in [3.8, 4) is 28.4 Å². The van der Waals surface area contributed by atoms with Crippen LogP contribution in [0.25, 0.3) is 16.9 Å². The third-order valence-electron chi connectivity index (χ3n) is 3.75. The number of hydrogen-bond acceptors (Lipinski definition) is 4. The Kier molecular flexibility index (Phi) is 3.88. The molecule has 4 rings (SSSR count). The number of para-hydroxylation sites is 1. The normalized spacial score (nSPS) is 10.6. The predicted molar refractivity (Wildman–Crippen MR) is 97.7 cm³/mol. The number of benzene rings is 2. The van der Waals surface area contributed by atoms with Gasteiger partial charge in [0.25, 0.3) is 0 Å². The lowest BCUT2D eigenvalue weighted by Crippen LogP contribution is -1.97. The molecule has 0 amide bonds. The Hall–Kier alpha value is -3.60. The summed E-state index contributed by atoms with van der Waals surface area (Å²) in [6.45, 7) is 0. The van der Waals surface area contributed by atoms with Gasteiger partial charge in [0, 0.05) is 11.8 Å². The molecule has 2 aromatic heterocycles. The first kappa shape index (κ1) is 15.0. The summed E-state index contributed by atoms with van der Waals surface area (Å²) in [5.74, 6) is 2.10. The number of nitrogens with two attached hydrogens (primary N) is 1. The fourth-order valence-corrected chi connectivity index (χ4v) is 2.47. The SMILES string of the molecule is Nc1ccc(-n2ccc(-c3ccc(Oc4ccccc4)cc3)n2)cn1. The summed E-state index contributed by atoms with van der Waals surface area (Å²) in [4.78, 5) is 4.09. The quantitative estimate of drug-likeness (QED) is 0.606. The Morgan fingerprint density at radius 1 is 0.800 bits per heavy atom. The molecule has 0 aliphatic carbocycles. The van der Waals surface area contributed by atoms with Gasteiger partial charge in [-0.3, -0.25) is 0 Å². The lowest BCUT2D eigenvalue weighted by Gasteiger charge is -2.06. The van der Waals surface area contributed by atoms with Crippen molar-refractivity contribution < 1.29 is 4.74 Å². The predicted octanol–water partition coefficient (Wildman–Crippen LogP) is 4.31. The highest BCUT2D eigenvalue weighted by Gasteiger charge is 2.05. The molecule has 2 N–H and O–H groups in total. The van der Waals surface area contributed by atoms with E-state index in [1.165, 1.54) is 0 Å². The van der Waals surface area contributed by atoms with E-state index in [1.807, 2.05) is 72.9 Å². The Bertz CT molecular complexity index is 961. The van der Waals surface area contributed by atoms with Crippen molar-refractivity contribution in [2.24, 2.45) is 0 Å². The van der Waals surface area contributed by atoms with Crippen molar-refractivity contribution in [2.75, 3.05) is 5.73 Å². The highest BCUT2D eigenvalue weighted by Crippen LogP contribution is 2.25. The molecule has 25 heavy (non-hydrogen) atoms. The van der Waals surface area contributed by atoms with Gasteiger partial charge in [-0.1, -0.05) is 18.2 Å². The molecule has 122 valence electrons. The number of anilines is 1. The number of hydrogen-bond donors (Lipinski definition) is 1. The summed E-state index contributed by atoms with van der Waals surface area (Å²) in [5, 5.41) is 4.59. The van der Waals surface area contributed by atoms with E-state index in [1.54, 1.807) is 16.9 Å². The van der Waals surface area contributed by atoms with Crippen LogP contribution in [0.3, 0.4) is 0 Å². The Morgan fingerprint density at radius 2 is 1.56 bits per heavy atom. The number of rotatable bonds is 4. The van der Waals surface area contributed by atoms with Crippen molar-refractivity contribution in [2.45, 2.75) is 0 Å². The number of nitrogen functional groups attached to an aromatic ring is 1. The molecule has 5 nitrogen and oxygen atoms in total. The van der Waals surface area contributed by atoms with E-state index in [-0.39, 0.29) is 0 Å². The van der Waals surface area contributed by atoms with E-state index in [0.717, 1.165) is 28.4 Å². The molecule has 0 saturated heterocycles. The van der Waals surface area contributed by atoms with Crippen LogP contribution in [0, 0.1) is 0 Å². The van der Waals surface area contributed by atoms with E-state index < -0.39 is 0 Å². The molecular weight excluding hydrogens is 312 g/mol. The molecule has 4 aromatic rings. The van der Waals surface area contributed by atoms with Gasteiger partial charge in [-0.25, -0.2) is 9.67 Å². The molecule has 2 heterocycles. The van der Waals surface area contributed by atoms with Gasteiger partial charge in [0.2, 0.25) is 0 Å². The minimum absolute atomic E-state index is 0.491. The topological polar surface area (TPSA) is 66.0 Å². The van der Waals surface area contributed by atoms with Crippen LogP contribution in [-0.2, 0) is 0 Å². The second-order valence-corrected chi connectivity index (χ2v) is 5.53. The smallest absolute Gasteiger partial charge is 0.127 e. The molecule has 5 heteroatoms. The molecule has 0 atom stereocenters. The number of pyridine rings is 1.